The molecule has 0 nitrogen and oxygen atoms in total. The van der Waals surface area contributed by atoms with Crippen molar-refractivity contribution in [1.82, 2.24) is 0 Å². The van der Waals surface area contributed by atoms with Crippen LogP contribution in [-0.2, 0) is 6.42 Å². The largest absolute Gasteiger partial charge is 0.0941 e. The molecule has 0 heteroatoms. The second-order valence-electron chi connectivity index (χ2n) is 8.16. The molecule has 0 N–H and O–H groups in total. The Bertz CT molecular complexity index is 738. The summed E-state index contributed by atoms with van der Waals surface area (Å²) in [6.07, 6.45) is 10.4. The molecule has 3 rings (SSSR count). The van der Waals surface area contributed by atoms with E-state index in [-0.39, 0.29) is 0 Å². The highest BCUT2D eigenvalue weighted by molar-refractivity contribution is 5.43. The average Bonchev–Trinajstić information content (AvgIpc) is 2.73. The van der Waals surface area contributed by atoms with E-state index in [9.17, 15) is 0 Å². The molecule has 0 aliphatic heterocycles. The minimum atomic E-state index is 0.431. The van der Waals surface area contributed by atoms with Crippen molar-refractivity contribution in [3.8, 4) is 11.8 Å². The predicted molar refractivity (Wildman–Crippen MR) is 117 cm³/mol. The molecular formula is C27H34. The van der Waals surface area contributed by atoms with E-state index in [1.54, 1.807) is 0 Å². The van der Waals surface area contributed by atoms with Gasteiger partial charge in [-0.3, -0.25) is 0 Å². The quantitative estimate of drug-likeness (QED) is 0.472. The Balaban J connectivity index is 1.70. The van der Waals surface area contributed by atoms with Gasteiger partial charge >= 0.3 is 0 Å². The first-order chi connectivity index (χ1) is 13.3. The molecule has 1 atom stereocenters. The van der Waals surface area contributed by atoms with Crippen LogP contribution in [0, 0.1) is 23.7 Å². The van der Waals surface area contributed by atoms with E-state index in [1.807, 2.05) is 0 Å². The van der Waals surface area contributed by atoms with E-state index in [0.29, 0.717) is 11.8 Å². The molecule has 0 bridgehead atoms. The van der Waals surface area contributed by atoms with Crippen molar-refractivity contribution in [2.75, 3.05) is 0 Å². The molecule has 142 valence electrons. The van der Waals surface area contributed by atoms with Crippen molar-refractivity contribution in [3.63, 3.8) is 0 Å². The van der Waals surface area contributed by atoms with Crippen LogP contribution in [-0.4, -0.2) is 0 Å². The molecule has 0 saturated heterocycles. The summed E-state index contributed by atoms with van der Waals surface area (Å²) in [5.41, 5.74) is 4.15. The fraction of sp³-hybridized carbons (Fsp3) is 0.481. The topological polar surface area (TPSA) is 0 Å². The fourth-order valence-corrected chi connectivity index (χ4v) is 4.51. The summed E-state index contributed by atoms with van der Waals surface area (Å²) < 4.78 is 0. The first kappa shape index (κ1) is 19.8. The standard InChI is InChI=1S/C27H34/c1-3-10-23-16-19-26(20-17-23)27-14-9-8-13-25(27)18-15-22(4-2)21-24-11-6-5-7-12-24/h5-9,11-14,22-23,26H,3-4,10,16-17,19-21H2,1-2H3. The lowest BCUT2D eigenvalue weighted by molar-refractivity contribution is 0.308. The van der Waals surface area contributed by atoms with E-state index in [0.717, 1.165) is 18.8 Å². The van der Waals surface area contributed by atoms with E-state index in [2.05, 4.69) is 80.3 Å². The van der Waals surface area contributed by atoms with Gasteiger partial charge in [-0.2, -0.15) is 0 Å². The average molecular weight is 359 g/mol. The van der Waals surface area contributed by atoms with Gasteiger partial charge < -0.3 is 0 Å². The Kier molecular flexibility index (Phi) is 7.58. The zero-order valence-corrected chi connectivity index (χ0v) is 17.1. The zero-order valence-electron chi connectivity index (χ0n) is 17.1. The minimum Gasteiger partial charge on any atom is -0.0941 e. The number of rotatable bonds is 6. The Morgan fingerprint density at radius 2 is 1.59 bits per heavy atom. The molecule has 1 saturated carbocycles. The Morgan fingerprint density at radius 1 is 0.889 bits per heavy atom. The molecule has 1 aliphatic carbocycles. The van der Waals surface area contributed by atoms with Gasteiger partial charge in [0.05, 0.1) is 0 Å². The molecular weight excluding hydrogens is 324 g/mol. The summed E-state index contributed by atoms with van der Waals surface area (Å²) in [7, 11) is 0. The van der Waals surface area contributed by atoms with Gasteiger partial charge in [-0.15, -0.1) is 0 Å². The van der Waals surface area contributed by atoms with E-state index in [4.69, 9.17) is 0 Å². The summed E-state index contributed by atoms with van der Waals surface area (Å²) in [6, 6.07) is 19.7. The van der Waals surface area contributed by atoms with Crippen molar-refractivity contribution in [2.24, 2.45) is 11.8 Å². The van der Waals surface area contributed by atoms with E-state index >= 15 is 0 Å². The summed E-state index contributed by atoms with van der Waals surface area (Å²) in [5.74, 6) is 9.26. The SMILES string of the molecule is CCCC1CCC(c2ccccc2C#CC(CC)Cc2ccccc2)CC1. The molecule has 0 heterocycles. The molecule has 27 heavy (non-hydrogen) atoms. The highest BCUT2D eigenvalue weighted by atomic mass is 14.3. The highest BCUT2D eigenvalue weighted by Crippen LogP contribution is 2.38. The van der Waals surface area contributed by atoms with Gasteiger partial charge in [-0.1, -0.05) is 87.1 Å². The van der Waals surface area contributed by atoms with Gasteiger partial charge in [-0.05, 0) is 67.6 Å². The van der Waals surface area contributed by atoms with Gasteiger partial charge in [0.15, 0.2) is 0 Å². The molecule has 0 spiro atoms. The predicted octanol–water partition coefficient (Wildman–Crippen LogP) is 7.38. The van der Waals surface area contributed by atoms with Gasteiger partial charge in [0, 0.05) is 11.5 Å². The summed E-state index contributed by atoms with van der Waals surface area (Å²) in [4.78, 5) is 0. The Hall–Kier alpha value is -2.00. The summed E-state index contributed by atoms with van der Waals surface area (Å²) in [6.45, 7) is 4.57. The lowest BCUT2D eigenvalue weighted by Gasteiger charge is -2.29. The zero-order chi connectivity index (χ0) is 18.9. The van der Waals surface area contributed by atoms with Crippen LogP contribution >= 0.6 is 0 Å². The molecule has 1 unspecified atom stereocenters. The smallest absolute Gasteiger partial charge is 0.0280 e. The maximum absolute atomic E-state index is 3.59. The van der Waals surface area contributed by atoms with E-state index in [1.165, 1.54) is 55.2 Å². The van der Waals surface area contributed by atoms with Gasteiger partial charge in [0.25, 0.3) is 0 Å². The lowest BCUT2D eigenvalue weighted by Crippen LogP contribution is -2.14. The van der Waals surface area contributed by atoms with Crippen LogP contribution in [0.5, 0.6) is 0 Å². The molecule has 1 aliphatic rings. The van der Waals surface area contributed by atoms with Gasteiger partial charge in [-0.25, -0.2) is 0 Å². The second kappa shape index (κ2) is 10.4. The second-order valence-corrected chi connectivity index (χ2v) is 8.16. The minimum absolute atomic E-state index is 0.431. The Labute approximate surface area is 166 Å². The maximum atomic E-state index is 3.59. The maximum Gasteiger partial charge on any atom is 0.0280 e. The van der Waals surface area contributed by atoms with Crippen molar-refractivity contribution >= 4 is 0 Å². The number of hydrogen-bond acceptors (Lipinski definition) is 0. The van der Waals surface area contributed by atoms with Crippen LogP contribution in [0.3, 0.4) is 0 Å². The van der Waals surface area contributed by atoms with Crippen LogP contribution in [0.2, 0.25) is 0 Å². The number of benzene rings is 2. The first-order valence-electron chi connectivity index (χ1n) is 10.9. The third-order valence-corrected chi connectivity index (χ3v) is 6.17. The first-order valence-corrected chi connectivity index (χ1v) is 10.9. The van der Waals surface area contributed by atoms with Crippen molar-refractivity contribution < 1.29 is 0 Å². The molecule has 2 aromatic carbocycles. The monoisotopic (exact) mass is 358 g/mol. The summed E-state index contributed by atoms with van der Waals surface area (Å²) >= 11 is 0. The molecule has 0 aromatic heterocycles. The van der Waals surface area contributed by atoms with Crippen LogP contribution < -0.4 is 0 Å². The van der Waals surface area contributed by atoms with E-state index < -0.39 is 0 Å². The highest BCUT2D eigenvalue weighted by Gasteiger charge is 2.23. The van der Waals surface area contributed by atoms with Crippen molar-refractivity contribution in [3.05, 3.63) is 71.3 Å². The van der Waals surface area contributed by atoms with Crippen LogP contribution in [0.4, 0.5) is 0 Å². The van der Waals surface area contributed by atoms with Crippen LogP contribution in [0.25, 0.3) is 0 Å². The number of hydrogen-bond donors (Lipinski definition) is 0. The molecule has 0 radical (unpaired) electrons. The fourth-order valence-electron chi connectivity index (χ4n) is 4.51. The van der Waals surface area contributed by atoms with Crippen LogP contribution in [0.1, 0.15) is 81.4 Å². The third kappa shape index (κ3) is 5.74. The summed E-state index contributed by atoms with van der Waals surface area (Å²) in [5, 5.41) is 0. The van der Waals surface area contributed by atoms with Gasteiger partial charge in [0.1, 0.15) is 0 Å². The Morgan fingerprint density at radius 3 is 2.30 bits per heavy atom. The molecule has 0 amide bonds. The third-order valence-electron chi connectivity index (χ3n) is 6.17. The van der Waals surface area contributed by atoms with Crippen molar-refractivity contribution in [1.29, 1.82) is 0 Å². The van der Waals surface area contributed by atoms with Crippen LogP contribution in [0.15, 0.2) is 54.6 Å². The molecule has 1 fully saturated rings. The molecule has 2 aromatic rings. The lowest BCUT2D eigenvalue weighted by atomic mass is 9.76. The van der Waals surface area contributed by atoms with Crippen molar-refractivity contribution in [2.45, 2.75) is 71.1 Å². The normalized spacial score (nSPS) is 20.5. The van der Waals surface area contributed by atoms with Gasteiger partial charge in [0.2, 0.25) is 0 Å².